The Morgan fingerprint density at radius 2 is 2.04 bits per heavy atom. The number of nitrogens with one attached hydrogen (secondary N) is 2. The van der Waals surface area contributed by atoms with Gasteiger partial charge in [0.25, 0.3) is 0 Å². The highest BCUT2D eigenvalue weighted by Crippen LogP contribution is 2.18. The number of rotatable bonds is 4. The van der Waals surface area contributed by atoms with Crippen LogP contribution < -0.4 is 5.32 Å². The number of H-pyrrole nitrogens is 1. The smallest absolute Gasteiger partial charge is 0.407 e. The Morgan fingerprint density at radius 1 is 1.30 bits per heavy atom. The molecule has 124 valence electrons. The van der Waals surface area contributed by atoms with E-state index in [1.807, 2.05) is 12.1 Å². The van der Waals surface area contributed by atoms with Crippen LogP contribution in [0.2, 0.25) is 0 Å². The lowest BCUT2D eigenvalue weighted by Gasteiger charge is -2.19. The fraction of sp³-hybridized carbons (Fsp3) is 0.438. The molecule has 1 aromatic carbocycles. The van der Waals surface area contributed by atoms with Crippen LogP contribution in [0.3, 0.4) is 0 Å². The van der Waals surface area contributed by atoms with E-state index >= 15 is 0 Å². The Morgan fingerprint density at radius 3 is 2.70 bits per heavy atom. The second-order valence-corrected chi connectivity index (χ2v) is 6.03. The zero-order valence-corrected chi connectivity index (χ0v) is 13.7. The van der Waals surface area contributed by atoms with E-state index in [1.165, 1.54) is 0 Å². The number of amides is 1. The first-order valence-electron chi connectivity index (χ1n) is 7.41. The van der Waals surface area contributed by atoms with Crippen LogP contribution in [0.25, 0.3) is 10.9 Å². The summed E-state index contributed by atoms with van der Waals surface area (Å²) in [6.45, 7) is 7.78. The van der Waals surface area contributed by atoms with Crippen molar-refractivity contribution in [2.45, 2.75) is 39.8 Å². The Bertz CT molecular complexity index is 716. The van der Waals surface area contributed by atoms with Crippen molar-refractivity contribution >= 4 is 23.0 Å². The molecule has 2 N–H and O–H groups in total. The minimum Gasteiger partial charge on any atom is -0.461 e. The first-order valence-corrected chi connectivity index (χ1v) is 7.41. The SMILES string of the molecule is CCOC(=O)c1n[nH]c2cc(CNC(=O)OC(C)(C)C)ccc12. The number of carbonyl (C=O) groups is 2. The minimum absolute atomic E-state index is 0.258. The second-order valence-electron chi connectivity index (χ2n) is 6.03. The topological polar surface area (TPSA) is 93.3 Å². The number of fused-ring (bicyclic) bond motifs is 1. The van der Waals surface area contributed by atoms with E-state index in [2.05, 4.69) is 15.5 Å². The summed E-state index contributed by atoms with van der Waals surface area (Å²) < 4.78 is 10.1. The summed E-state index contributed by atoms with van der Waals surface area (Å²) in [5.41, 5.74) is 1.29. The predicted molar refractivity (Wildman–Crippen MR) is 85.1 cm³/mol. The van der Waals surface area contributed by atoms with Crippen molar-refractivity contribution in [3.8, 4) is 0 Å². The van der Waals surface area contributed by atoms with E-state index in [0.29, 0.717) is 24.1 Å². The van der Waals surface area contributed by atoms with Crippen molar-refractivity contribution in [1.82, 2.24) is 15.5 Å². The molecule has 2 aromatic rings. The average molecular weight is 319 g/mol. The molecule has 0 bridgehead atoms. The number of hydrogen-bond donors (Lipinski definition) is 2. The molecular formula is C16H21N3O4. The lowest BCUT2D eigenvalue weighted by Crippen LogP contribution is -2.32. The number of carbonyl (C=O) groups excluding carboxylic acids is 2. The zero-order valence-electron chi connectivity index (χ0n) is 13.7. The first-order chi connectivity index (χ1) is 10.8. The van der Waals surface area contributed by atoms with E-state index in [9.17, 15) is 9.59 Å². The molecule has 7 heteroatoms. The molecule has 2 rings (SSSR count). The summed E-state index contributed by atoms with van der Waals surface area (Å²) >= 11 is 0. The maximum Gasteiger partial charge on any atom is 0.407 e. The highest BCUT2D eigenvalue weighted by Gasteiger charge is 2.17. The molecule has 1 amide bonds. The molecule has 0 unspecified atom stereocenters. The van der Waals surface area contributed by atoms with Gasteiger partial charge in [-0.25, -0.2) is 9.59 Å². The first kappa shape index (κ1) is 16.8. The summed E-state index contributed by atoms with van der Waals surface area (Å²) in [7, 11) is 0. The maximum atomic E-state index is 11.8. The molecular weight excluding hydrogens is 298 g/mol. The molecule has 23 heavy (non-hydrogen) atoms. The monoisotopic (exact) mass is 319 g/mol. The van der Waals surface area contributed by atoms with Gasteiger partial charge in [-0.1, -0.05) is 6.07 Å². The van der Waals surface area contributed by atoms with Gasteiger partial charge in [0, 0.05) is 11.9 Å². The Hall–Kier alpha value is -2.57. The summed E-state index contributed by atoms with van der Waals surface area (Å²) in [6.07, 6.45) is -0.477. The van der Waals surface area contributed by atoms with Crippen LogP contribution in [0, 0.1) is 0 Å². The summed E-state index contributed by atoms with van der Waals surface area (Å²) in [4.78, 5) is 23.4. The normalized spacial score (nSPS) is 11.3. The third-order valence-electron chi connectivity index (χ3n) is 2.93. The number of nitrogens with zero attached hydrogens (tertiary/aromatic N) is 1. The van der Waals surface area contributed by atoms with Gasteiger partial charge in [-0.05, 0) is 45.4 Å². The van der Waals surface area contributed by atoms with E-state index in [-0.39, 0.29) is 5.69 Å². The van der Waals surface area contributed by atoms with Gasteiger partial charge in [-0.3, -0.25) is 5.10 Å². The van der Waals surface area contributed by atoms with Gasteiger partial charge in [-0.15, -0.1) is 0 Å². The molecule has 0 atom stereocenters. The summed E-state index contributed by atoms with van der Waals surface area (Å²) in [5, 5.41) is 10.2. The highest BCUT2D eigenvalue weighted by atomic mass is 16.6. The zero-order chi connectivity index (χ0) is 17.0. The quantitative estimate of drug-likeness (QED) is 0.845. The van der Waals surface area contributed by atoms with Crippen molar-refractivity contribution in [3.63, 3.8) is 0 Å². The molecule has 0 fully saturated rings. The lowest BCUT2D eigenvalue weighted by atomic mass is 10.1. The van der Waals surface area contributed by atoms with E-state index in [0.717, 1.165) is 5.56 Å². The van der Waals surface area contributed by atoms with Crippen molar-refractivity contribution < 1.29 is 19.1 Å². The second kappa shape index (κ2) is 6.68. The third-order valence-corrected chi connectivity index (χ3v) is 2.93. The molecule has 1 heterocycles. The number of aromatic amines is 1. The Labute approximate surface area is 134 Å². The Balaban J connectivity index is 2.07. The van der Waals surface area contributed by atoms with Gasteiger partial charge in [0.15, 0.2) is 5.69 Å². The van der Waals surface area contributed by atoms with Crippen LogP contribution >= 0.6 is 0 Å². The van der Waals surface area contributed by atoms with Gasteiger partial charge in [0.2, 0.25) is 0 Å². The highest BCUT2D eigenvalue weighted by molar-refractivity contribution is 6.01. The van der Waals surface area contributed by atoms with E-state index in [4.69, 9.17) is 9.47 Å². The van der Waals surface area contributed by atoms with Crippen LogP contribution in [-0.4, -0.2) is 34.5 Å². The van der Waals surface area contributed by atoms with Crippen LogP contribution in [0.15, 0.2) is 18.2 Å². The summed E-state index contributed by atoms with van der Waals surface area (Å²) in [6, 6.07) is 5.41. The van der Waals surface area contributed by atoms with Gasteiger partial charge < -0.3 is 14.8 Å². The van der Waals surface area contributed by atoms with Crippen LogP contribution in [0.5, 0.6) is 0 Å². The van der Waals surface area contributed by atoms with Crippen LogP contribution in [0.1, 0.15) is 43.7 Å². The molecule has 0 aliphatic rings. The minimum atomic E-state index is -0.536. The van der Waals surface area contributed by atoms with E-state index < -0.39 is 17.7 Å². The van der Waals surface area contributed by atoms with Gasteiger partial charge >= 0.3 is 12.1 Å². The van der Waals surface area contributed by atoms with Crippen molar-refractivity contribution in [2.75, 3.05) is 6.61 Å². The van der Waals surface area contributed by atoms with Crippen molar-refractivity contribution in [1.29, 1.82) is 0 Å². The van der Waals surface area contributed by atoms with Gasteiger partial charge in [0.05, 0.1) is 12.1 Å². The van der Waals surface area contributed by atoms with Crippen molar-refractivity contribution in [2.24, 2.45) is 0 Å². The average Bonchev–Trinajstić information content (AvgIpc) is 2.86. The molecule has 1 aromatic heterocycles. The number of ether oxygens (including phenoxy) is 2. The van der Waals surface area contributed by atoms with Gasteiger partial charge in [0.1, 0.15) is 5.60 Å². The Kier molecular flexibility index (Phi) is 4.88. The largest absolute Gasteiger partial charge is 0.461 e. The predicted octanol–water partition coefficient (Wildman–Crippen LogP) is 2.76. The molecule has 0 radical (unpaired) electrons. The van der Waals surface area contributed by atoms with Gasteiger partial charge in [-0.2, -0.15) is 5.10 Å². The fourth-order valence-electron chi connectivity index (χ4n) is 2.02. The molecule has 0 saturated carbocycles. The van der Waals surface area contributed by atoms with E-state index in [1.54, 1.807) is 33.8 Å². The molecule has 0 spiro atoms. The summed E-state index contributed by atoms with van der Waals surface area (Å²) in [5.74, 6) is -0.460. The lowest BCUT2D eigenvalue weighted by molar-refractivity contribution is 0.0512. The molecule has 0 aliphatic heterocycles. The molecule has 7 nitrogen and oxygen atoms in total. The molecule has 0 aliphatic carbocycles. The van der Waals surface area contributed by atoms with Crippen LogP contribution in [-0.2, 0) is 16.0 Å². The number of hydrogen-bond acceptors (Lipinski definition) is 5. The fourth-order valence-corrected chi connectivity index (χ4v) is 2.02. The number of esters is 1. The van der Waals surface area contributed by atoms with Crippen molar-refractivity contribution in [3.05, 3.63) is 29.5 Å². The standard InChI is InChI=1S/C16H21N3O4/c1-5-22-14(20)13-11-7-6-10(8-12(11)18-19-13)9-17-15(21)23-16(2,3)4/h6-8H,5,9H2,1-4H3,(H,17,21)(H,18,19). The number of benzene rings is 1. The molecule has 0 saturated heterocycles. The number of aromatic nitrogens is 2. The van der Waals surface area contributed by atoms with Crippen LogP contribution in [0.4, 0.5) is 4.79 Å². The third kappa shape index (κ3) is 4.45. The number of alkyl carbamates (subject to hydrolysis) is 1. The maximum absolute atomic E-state index is 11.8.